The summed E-state index contributed by atoms with van der Waals surface area (Å²) in [4.78, 5) is 5.94. The third-order valence-corrected chi connectivity index (χ3v) is 3.31. The van der Waals surface area contributed by atoms with Crippen molar-refractivity contribution in [3.05, 3.63) is 22.4 Å². The number of aliphatic imine (C=N–C) groups is 1. The highest BCUT2D eigenvalue weighted by Gasteiger charge is 1.97. The Morgan fingerprint density at radius 3 is 2.88 bits per heavy atom. The maximum atomic E-state index is 4.52. The minimum absolute atomic E-state index is 0.908. The Hall–Kier alpha value is -1.03. The second-order valence-electron chi connectivity index (χ2n) is 3.87. The van der Waals surface area contributed by atoms with Crippen LogP contribution in [0.2, 0.25) is 0 Å². The number of nitrogens with one attached hydrogen (secondary N) is 2. The van der Waals surface area contributed by atoms with Crippen LogP contribution in [0.3, 0.4) is 0 Å². The lowest BCUT2D eigenvalue weighted by Crippen LogP contribution is -2.38. The van der Waals surface area contributed by atoms with Crippen molar-refractivity contribution >= 4 is 17.3 Å². The van der Waals surface area contributed by atoms with Crippen LogP contribution in [0, 0.1) is 0 Å². The number of thiophene rings is 1. The van der Waals surface area contributed by atoms with Crippen LogP contribution in [0.15, 0.2) is 22.5 Å². The first-order chi connectivity index (χ1) is 8.36. The van der Waals surface area contributed by atoms with E-state index in [1.165, 1.54) is 11.3 Å². The molecule has 0 atom stereocenters. The molecule has 1 rings (SSSR count). The molecule has 0 aliphatic carbocycles. The molecule has 1 aromatic heterocycles. The number of unbranched alkanes of at least 4 members (excludes halogenated alkanes) is 1. The number of hydrogen-bond acceptors (Lipinski definition) is 2. The maximum Gasteiger partial charge on any atom is 0.191 e. The van der Waals surface area contributed by atoms with E-state index in [1.807, 2.05) is 11.3 Å². The molecule has 0 aliphatic heterocycles. The topological polar surface area (TPSA) is 36.4 Å². The van der Waals surface area contributed by atoms with Crippen molar-refractivity contribution in [3.63, 3.8) is 0 Å². The Labute approximate surface area is 108 Å². The second-order valence-corrected chi connectivity index (χ2v) is 4.90. The zero-order valence-electron chi connectivity index (χ0n) is 10.8. The maximum absolute atomic E-state index is 4.52. The fourth-order valence-corrected chi connectivity index (χ4v) is 2.16. The Kier molecular flexibility index (Phi) is 7.47. The molecule has 96 valence electrons. The first-order valence-corrected chi connectivity index (χ1v) is 7.29. The molecule has 0 amide bonds. The van der Waals surface area contributed by atoms with Crippen molar-refractivity contribution in [2.45, 2.75) is 33.1 Å². The van der Waals surface area contributed by atoms with Gasteiger partial charge < -0.3 is 10.6 Å². The van der Waals surface area contributed by atoms with Crippen molar-refractivity contribution in [1.82, 2.24) is 10.6 Å². The van der Waals surface area contributed by atoms with Crippen LogP contribution in [-0.4, -0.2) is 25.6 Å². The highest BCUT2D eigenvalue weighted by molar-refractivity contribution is 7.09. The van der Waals surface area contributed by atoms with E-state index in [2.05, 4.69) is 47.0 Å². The summed E-state index contributed by atoms with van der Waals surface area (Å²) in [6.07, 6.45) is 3.41. The summed E-state index contributed by atoms with van der Waals surface area (Å²) in [6.45, 7) is 7.04. The van der Waals surface area contributed by atoms with E-state index in [0.29, 0.717) is 0 Å². The summed E-state index contributed by atoms with van der Waals surface area (Å²) in [7, 11) is 0. The minimum atomic E-state index is 0.908. The van der Waals surface area contributed by atoms with Crippen molar-refractivity contribution in [3.8, 4) is 0 Å². The van der Waals surface area contributed by atoms with Gasteiger partial charge >= 0.3 is 0 Å². The fourth-order valence-electron chi connectivity index (χ4n) is 1.45. The largest absolute Gasteiger partial charge is 0.357 e. The Bertz CT molecular complexity index is 306. The zero-order valence-corrected chi connectivity index (χ0v) is 11.6. The molecular weight excluding hydrogens is 230 g/mol. The predicted octanol–water partition coefficient (Wildman–Crippen LogP) is 2.65. The van der Waals surface area contributed by atoms with E-state index < -0.39 is 0 Å². The van der Waals surface area contributed by atoms with E-state index in [4.69, 9.17) is 0 Å². The molecule has 1 heterocycles. The van der Waals surface area contributed by atoms with Gasteiger partial charge in [-0.05, 0) is 31.2 Å². The van der Waals surface area contributed by atoms with Gasteiger partial charge in [-0.2, -0.15) is 0 Å². The minimum Gasteiger partial charge on any atom is -0.357 e. The Morgan fingerprint density at radius 1 is 1.35 bits per heavy atom. The van der Waals surface area contributed by atoms with Crippen molar-refractivity contribution in [2.24, 2.45) is 4.99 Å². The molecule has 0 bridgehead atoms. The van der Waals surface area contributed by atoms with E-state index in [1.54, 1.807) is 0 Å². The molecule has 3 nitrogen and oxygen atoms in total. The van der Waals surface area contributed by atoms with E-state index >= 15 is 0 Å². The smallest absolute Gasteiger partial charge is 0.191 e. The molecule has 0 saturated carbocycles. The average Bonchev–Trinajstić information content (AvgIpc) is 2.82. The van der Waals surface area contributed by atoms with Crippen LogP contribution in [0.4, 0.5) is 0 Å². The predicted molar refractivity (Wildman–Crippen MR) is 76.9 cm³/mol. The van der Waals surface area contributed by atoms with E-state index in [-0.39, 0.29) is 0 Å². The molecule has 0 unspecified atom stereocenters. The van der Waals surface area contributed by atoms with Crippen LogP contribution in [0.25, 0.3) is 0 Å². The molecule has 2 N–H and O–H groups in total. The quantitative estimate of drug-likeness (QED) is 0.445. The molecule has 0 radical (unpaired) electrons. The van der Waals surface area contributed by atoms with Crippen molar-refractivity contribution < 1.29 is 0 Å². The number of nitrogens with zero attached hydrogens (tertiary/aromatic N) is 1. The van der Waals surface area contributed by atoms with Gasteiger partial charge in [-0.1, -0.05) is 19.4 Å². The lowest BCUT2D eigenvalue weighted by molar-refractivity contribution is 0.769. The fraction of sp³-hybridized carbons (Fsp3) is 0.615. The summed E-state index contributed by atoms with van der Waals surface area (Å²) in [6, 6.07) is 4.27. The first kappa shape index (κ1) is 14.0. The van der Waals surface area contributed by atoms with Crippen LogP contribution in [0.1, 0.15) is 31.6 Å². The lowest BCUT2D eigenvalue weighted by Gasteiger charge is -2.10. The van der Waals surface area contributed by atoms with E-state index in [9.17, 15) is 0 Å². The molecule has 17 heavy (non-hydrogen) atoms. The van der Waals surface area contributed by atoms with Gasteiger partial charge in [-0.15, -0.1) is 11.3 Å². The number of rotatable bonds is 7. The summed E-state index contributed by atoms with van der Waals surface area (Å²) in [5, 5.41) is 8.75. The second kappa shape index (κ2) is 9.05. The molecule has 0 saturated heterocycles. The third-order valence-electron chi connectivity index (χ3n) is 2.37. The van der Waals surface area contributed by atoms with Gasteiger partial charge in [0.1, 0.15) is 0 Å². The van der Waals surface area contributed by atoms with Crippen LogP contribution in [-0.2, 0) is 6.42 Å². The molecule has 0 spiro atoms. The van der Waals surface area contributed by atoms with Crippen molar-refractivity contribution in [1.29, 1.82) is 0 Å². The lowest BCUT2D eigenvalue weighted by atomic mass is 10.3. The highest BCUT2D eigenvalue weighted by Crippen LogP contribution is 2.07. The Morgan fingerprint density at radius 2 is 2.24 bits per heavy atom. The van der Waals surface area contributed by atoms with Gasteiger partial charge in [0, 0.05) is 24.5 Å². The summed E-state index contributed by atoms with van der Waals surface area (Å²) in [5.74, 6) is 0.942. The molecular formula is C13H23N3S. The van der Waals surface area contributed by atoms with Gasteiger partial charge in [0.2, 0.25) is 0 Å². The van der Waals surface area contributed by atoms with E-state index in [0.717, 1.165) is 38.4 Å². The van der Waals surface area contributed by atoms with Crippen LogP contribution in [0.5, 0.6) is 0 Å². The highest BCUT2D eigenvalue weighted by atomic mass is 32.1. The van der Waals surface area contributed by atoms with Gasteiger partial charge in [0.05, 0.1) is 0 Å². The normalized spacial score (nSPS) is 11.5. The summed E-state index contributed by atoms with van der Waals surface area (Å²) < 4.78 is 0. The van der Waals surface area contributed by atoms with Gasteiger partial charge in [-0.3, -0.25) is 4.99 Å². The molecule has 0 aromatic carbocycles. The summed E-state index contributed by atoms with van der Waals surface area (Å²) in [5.41, 5.74) is 0. The summed E-state index contributed by atoms with van der Waals surface area (Å²) >= 11 is 1.81. The van der Waals surface area contributed by atoms with Crippen LogP contribution >= 0.6 is 11.3 Å². The molecule has 0 fully saturated rings. The standard InChI is InChI=1S/C13H23N3S/c1-3-5-9-15-13(14-4-2)16-10-8-12-7-6-11-17-12/h6-7,11H,3-5,8-10H2,1-2H3,(H2,14,15,16). The van der Waals surface area contributed by atoms with Gasteiger partial charge in [0.25, 0.3) is 0 Å². The molecule has 4 heteroatoms. The monoisotopic (exact) mass is 253 g/mol. The number of guanidine groups is 1. The first-order valence-electron chi connectivity index (χ1n) is 6.41. The Balaban J connectivity index is 2.25. The van der Waals surface area contributed by atoms with Gasteiger partial charge in [0.15, 0.2) is 5.96 Å². The zero-order chi connectivity index (χ0) is 12.3. The molecule has 0 aliphatic rings. The molecule has 1 aromatic rings. The number of hydrogen-bond donors (Lipinski definition) is 2. The van der Waals surface area contributed by atoms with Gasteiger partial charge in [-0.25, -0.2) is 0 Å². The van der Waals surface area contributed by atoms with Crippen LogP contribution < -0.4 is 10.6 Å². The average molecular weight is 253 g/mol. The SMILES string of the molecule is CCCCN=C(NCC)NCCc1cccs1. The third kappa shape index (κ3) is 6.31. The van der Waals surface area contributed by atoms with Crippen molar-refractivity contribution in [2.75, 3.05) is 19.6 Å².